The van der Waals surface area contributed by atoms with E-state index >= 15 is 0 Å². The zero-order chi connectivity index (χ0) is 15.2. The van der Waals surface area contributed by atoms with Crippen LogP contribution in [0.5, 0.6) is 0 Å². The van der Waals surface area contributed by atoms with Gasteiger partial charge in [0.2, 0.25) is 5.91 Å². The van der Waals surface area contributed by atoms with Crippen molar-refractivity contribution in [3.05, 3.63) is 69.7 Å². The lowest BCUT2D eigenvalue weighted by Crippen LogP contribution is -2.26. The van der Waals surface area contributed by atoms with Gasteiger partial charge in [-0.05, 0) is 30.5 Å². The smallest absolute Gasteiger partial charge is 0.222 e. The molecule has 3 heteroatoms. The van der Waals surface area contributed by atoms with Gasteiger partial charge in [-0.25, -0.2) is 0 Å². The predicted octanol–water partition coefficient (Wildman–Crippen LogP) is 4.35. The van der Waals surface area contributed by atoms with E-state index in [1.807, 2.05) is 31.3 Å². The van der Waals surface area contributed by atoms with Crippen molar-refractivity contribution in [2.75, 3.05) is 7.05 Å². The molecule has 0 radical (unpaired) electrons. The molecule has 0 aromatic heterocycles. The van der Waals surface area contributed by atoms with E-state index in [0.717, 1.165) is 16.5 Å². The largest absolute Gasteiger partial charge is 0.341 e. The van der Waals surface area contributed by atoms with Crippen molar-refractivity contribution in [3.8, 4) is 0 Å². The third kappa shape index (κ3) is 4.71. The Morgan fingerprint density at radius 2 is 1.76 bits per heavy atom. The van der Waals surface area contributed by atoms with Gasteiger partial charge in [-0.15, -0.1) is 0 Å². The standard InChI is InChI=1S/C18H20BrNO/c1-14-7-9-15(10-8-14)11-12-18(21)20(2)13-16-5-3-4-6-17(16)19/h3-10H,11-13H2,1-2H3. The van der Waals surface area contributed by atoms with E-state index in [-0.39, 0.29) is 5.91 Å². The van der Waals surface area contributed by atoms with Crippen molar-refractivity contribution in [1.82, 2.24) is 4.90 Å². The Labute approximate surface area is 134 Å². The predicted molar refractivity (Wildman–Crippen MR) is 90.1 cm³/mol. The molecule has 2 aromatic carbocycles. The van der Waals surface area contributed by atoms with Gasteiger partial charge in [-0.3, -0.25) is 4.79 Å². The first-order chi connectivity index (χ1) is 10.1. The zero-order valence-corrected chi connectivity index (χ0v) is 14.1. The van der Waals surface area contributed by atoms with Crippen molar-refractivity contribution in [1.29, 1.82) is 0 Å². The summed E-state index contributed by atoms with van der Waals surface area (Å²) in [5.41, 5.74) is 3.59. The number of hydrogen-bond acceptors (Lipinski definition) is 1. The molecule has 0 saturated heterocycles. The minimum absolute atomic E-state index is 0.173. The Bertz CT molecular complexity index is 607. The third-order valence-electron chi connectivity index (χ3n) is 3.54. The number of aryl methyl sites for hydroxylation is 2. The molecule has 0 fully saturated rings. The Hall–Kier alpha value is -1.61. The van der Waals surface area contributed by atoms with Gasteiger partial charge in [-0.2, -0.15) is 0 Å². The Morgan fingerprint density at radius 1 is 1.10 bits per heavy atom. The number of hydrogen-bond donors (Lipinski definition) is 0. The number of rotatable bonds is 5. The fraction of sp³-hybridized carbons (Fsp3) is 0.278. The highest BCUT2D eigenvalue weighted by atomic mass is 79.9. The first-order valence-electron chi connectivity index (χ1n) is 7.09. The molecule has 110 valence electrons. The summed E-state index contributed by atoms with van der Waals surface area (Å²) in [5.74, 6) is 0.173. The molecule has 0 aliphatic carbocycles. The molecule has 0 bridgehead atoms. The summed E-state index contributed by atoms with van der Waals surface area (Å²) < 4.78 is 1.04. The van der Waals surface area contributed by atoms with Crippen LogP contribution >= 0.6 is 15.9 Å². The lowest BCUT2D eigenvalue weighted by molar-refractivity contribution is -0.130. The van der Waals surface area contributed by atoms with Crippen molar-refractivity contribution < 1.29 is 4.79 Å². The van der Waals surface area contributed by atoms with Crippen LogP contribution in [0.1, 0.15) is 23.1 Å². The second-order valence-corrected chi connectivity index (χ2v) is 6.18. The maximum Gasteiger partial charge on any atom is 0.222 e. The van der Waals surface area contributed by atoms with E-state index < -0.39 is 0 Å². The third-order valence-corrected chi connectivity index (χ3v) is 4.31. The number of carbonyl (C=O) groups is 1. The minimum atomic E-state index is 0.173. The molecule has 0 unspecified atom stereocenters. The van der Waals surface area contributed by atoms with Crippen LogP contribution in [0.15, 0.2) is 53.0 Å². The normalized spacial score (nSPS) is 10.4. The summed E-state index contributed by atoms with van der Waals surface area (Å²) >= 11 is 3.52. The molecule has 0 saturated carbocycles. The molecule has 2 rings (SSSR count). The number of carbonyl (C=O) groups excluding carboxylic acids is 1. The average Bonchev–Trinajstić information content (AvgIpc) is 2.48. The summed E-state index contributed by atoms with van der Waals surface area (Å²) in [5, 5.41) is 0. The van der Waals surface area contributed by atoms with Crippen molar-refractivity contribution in [3.63, 3.8) is 0 Å². The highest BCUT2D eigenvalue weighted by Crippen LogP contribution is 2.17. The molecule has 0 aliphatic heterocycles. The molecular formula is C18H20BrNO. The van der Waals surface area contributed by atoms with Crippen LogP contribution in [-0.2, 0) is 17.8 Å². The Morgan fingerprint density at radius 3 is 2.43 bits per heavy atom. The Kier molecular flexibility index (Phi) is 5.57. The molecule has 0 aliphatic rings. The SMILES string of the molecule is Cc1ccc(CCC(=O)N(C)Cc2ccccc2Br)cc1. The second kappa shape index (κ2) is 7.41. The van der Waals surface area contributed by atoms with E-state index in [2.05, 4.69) is 47.1 Å². The van der Waals surface area contributed by atoms with Crippen LogP contribution in [0, 0.1) is 6.92 Å². The fourth-order valence-electron chi connectivity index (χ4n) is 2.17. The van der Waals surface area contributed by atoms with Crippen LogP contribution in [0.4, 0.5) is 0 Å². The van der Waals surface area contributed by atoms with Crippen LogP contribution in [-0.4, -0.2) is 17.9 Å². The average molecular weight is 346 g/mol. The number of halogens is 1. The molecule has 1 amide bonds. The fourth-order valence-corrected chi connectivity index (χ4v) is 2.58. The molecule has 2 aromatic rings. The van der Waals surface area contributed by atoms with Gasteiger partial charge in [0.1, 0.15) is 0 Å². The topological polar surface area (TPSA) is 20.3 Å². The van der Waals surface area contributed by atoms with Crippen LogP contribution < -0.4 is 0 Å². The summed E-state index contributed by atoms with van der Waals surface area (Å²) in [6.07, 6.45) is 1.34. The monoisotopic (exact) mass is 345 g/mol. The first kappa shape index (κ1) is 15.8. The van der Waals surface area contributed by atoms with E-state index in [0.29, 0.717) is 13.0 Å². The quantitative estimate of drug-likeness (QED) is 0.788. The van der Waals surface area contributed by atoms with E-state index in [4.69, 9.17) is 0 Å². The van der Waals surface area contributed by atoms with Gasteiger partial charge < -0.3 is 4.90 Å². The molecule has 2 nitrogen and oxygen atoms in total. The number of amides is 1. The van der Waals surface area contributed by atoms with Gasteiger partial charge in [-0.1, -0.05) is 64.0 Å². The van der Waals surface area contributed by atoms with Gasteiger partial charge in [0.05, 0.1) is 0 Å². The molecular weight excluding hydrogens is 326 g/mol. The van der Waals surface area contributed by atoms with E-state index in [1.54, 1.807) is 4.90 Å². The van der Waals surface area contributed by atoms with Crippen LogP contribution in [0.2, 0.25) is 0 Å². The van der Waals surface area contributed by atoms with Crippen molar-refractivity contribution >= 4 is 21.8 Å². The van der Waals surface area contributed by atoms with Crippen LogP contribution in [0.25, 0.3) is 0 Å². The Balaban J connectivity index is 1.88. The molecule has 0 spiro atoms. The molecule has 0 atom stereocenters. The lowest BCUT2D eigenvalue weighted by Gasteiger charge is -2.18. The van der Waals surface area contributed by atoms with E-state index in [1.165, 1.54) is 11.1 Å². The van der Waals surface area contributed by atoms with Gasteiger partial charge in [0, 0.05) is 24.5 Å². The van der Waals surface area contributed by atoms with Crippen molar-refractivity contribution in [2.24, 2.45) is 0 Å². The van der Waals surface area contributed by atoms with Crippen LogP contribution in [0.3, 0.4) is 0 Å². The zero-order valence-electron chi connectivity index (χ0n) is 12.5. The summed E-state index contributed by atoms with van der Waals surface area (Å²) in [6.45, 7) is 2.70. The van der Waals surface area contributed by atoms with Gasteiger partial charge in [0.25, 0.3) is 0 Å². The van der Waals surface area contributed by atoms with E-state index in [9.17, 15) is 4.79 Å². The van der Waals surface area contributed by atoms with Crippen molar-refractivity contribution in [2.45, 2.75) is 26.3 Å². The highest BCUT2D eigenvalue weighted by Gasteiger charge is 2.10. The number of nitrogens with zero attached hydrogens (tertiary/aromatic N) is 1. The summed E-state index contributed by atoms with van der Waals surface area (Å²) in [4.78, 5) is 14.0. The first-order valence-corrected chi connectivity index (χ1v) is 7.88. The molecule has 0 heterocycles. The maximum atomic E-state index is 12.2. The van der Waals surface area contributed by atoms with Gasteiger partial charge in [0.15, 0.2) is 0 Å². The molecule has 21 heavy (non-hydrogen) atoms. The summed E-state index contributed by atoms with van der Waals surface area (Å²) in [7, 11) is 1.86. The second-order valence-electron chi connectivity index (χ2n) is 5.33. The summed E-state index contributed by atoms with van der Waals surface area (Å²) in [6, 6.07) is 16.4. The number of benzene rings is 2. The van der Waals surface area contributed by atoms with Gasteiger partial charge >= 0.3 is 0 Å². The molecule has 0 N–H and O–H groups in total. The maximum absolute atomic E-state index is 12.2. The highest BCUT2D eigenvalue weighted by molar-refractivity contribution is 9.10. The lowest BCUT2D eigenvalue weighted by atomic mass is 10.1. The minimum Gasteiger partial charge on any atom is -0.341 e.